The number of nitrogens with zero attached hydrogens (tertiary/aromatic N) is 2. The van der Waals surface area contributed by atoms with Crippen LogP contribution in [0.1, 0.15) is 4.88 Å². The lowest BCUT2D eigenvalue weighted by atomic mass is 10.3. The maximum absolute atomic E-state index is 10.9. The Morgan fingerprint density at radius 3 is 2.79 bits per heavy atom. The standard InChI is InChI=1S/C10H15N5O2S2/c1-6-5-7-8(13-3-4-19(11,16)17)14-10(12-2)15-9(7)18-6/h5H,3-4H2,1-2H3,(H2,11,16,17)(H2,12,13,14,15). The molecule has 0 bridgehead atoms. The minimum Gasteiger partial charge on any atom is -0.368 e. The van der Waals surface area contributed by atoms with Crippen molar-refractivity contribution < 1.29 is 8.42 Å². The molecule has 0 saturated carbocycles. The van der Waals surface area contributed by atoms with Gasteiger partial charge in [0, 0.05) is 18.5 Å². The van der Waals surface area contributed by atoms with E-state index < -0.39 is 10.0 Å². The third kappa shape index (κ3) is 3.52. The molecule has 0 aromatic carbocycles. The number of hydrogen-bond acceptors (Lipinski definition) is 7. The van der Waals surface area contributed by atoms with Crippen molar-refractivity contribution >= 4 is 43.3 Å². The van der Waals surface area contributed by atoms with Crippen LogP contribution in [0.25, 0.3) is 10.2 Å². The smallest absolute Gasteiger partial charge is 0.225 e. The van der Waals surface area contributed by atoms with Crippen molar-refractivity contribution in [3.63, 3.8) is 0 Å². The van der Waals surface area contributed by atoms with Crippen LogP contribution >= 0.6 is 11.3 Å². The van der Waals surface area contributed by atoms with Gasteiger partial charge in [-0.2, -0.15) is 4.98 Å². The summed E-state index contributed by atoms with van der Waals surface area (Å²) in [5, 5.41) is 11.7. The number of rotatable bonds is 5. The fraction of sp³-hybridized carbons (Fsp3) is 0.400. The van der Waals surface area contributed by atoms with Crippen molar-refractivity contribution in [2.45, 2.75) is 6.92 Å². The number of hydrogen-bond donors (Lipinski definition) is 3. The summed E-state index contributed by atoms with van der Waals surface area (Å²) in [5.41, 5.74) is 0. The summed E-state index contributed by atoms with van der Waals surface area (Å²) in [4.78, 5) is 10.6. The molecule has 0 aliphatic carbocycles. The van der Waals surface area contributed by atoms with Crippen LogP contribution in [0.2, 0.25) is 0 Å². The van der Waals surface area contributed by atoms with Crippen molar-refractivity contribution in [2.75, 3.05) is 30.0 Å². The van der Waals surface area contributed by atoms with Gasteiger partial charge in [-0.05, 0) is 13.0 Å². The Morgan fingerprint density at radius 1 is 1.42 bits per heavy atom. The molecule has 0 aliphatic rings. The van der Waals surface area contributed by atoms with Crippen LogP contribution in [0.4, 0.5) is 11.8 Å². The maximum Gasteiger partial charge on any atom is 0.225 e. The van der Waals surface area contributed by atoms with Gasteiger partial charge in [-0.15, -0.1) is 11.3 Å². The van der Waals surface area contributed by atoms with Gasteiger partial charge in [0.25, 0.3) is 0 Å². The van der Waals surface area contributed by atoms with E-state index in [1.165, 1.54) is 0 Å². The summed E-state index contributed by atoms with van der Waals surface area (Å²) in [5.74, 6) is 0.964. The minimum absolute atomic E-state index is 0.142. The van der Waals surface area contributed by atoms with Crippen molar-refractivity contribution in [3.05, 3.63) is 10.9 Å². The van der Waals surface area contributed by atoms with Crippen LogP contribution < -0.4 is 15.8 Å². The first kappa shape index (κ1) is 14.0. The number of aromatic nitrogens is 2. The van der Waals surface area contributed by atoms with Gasteiger partial charge in [-0.3, -0.25) is 0 Å². The molecule has 0 spiro atoms. The van der Waals surface area contributed by atoms with Gasteiger partial charge in [-0.25, -0.2) is 18.5 Å². The number of primary sulfonamides is 1. The largest absolute Gasteiger partial charge is 0.368 e. The molecule has 0 aliphatic heterocycles. The van der Waals surface area contributed by atoms with E-state index in [0.29, 0.717) is 11.8 Å². The maximum atomic E-state index is 10.9. The first-order valence-corrected chi connectivity index (χ1v) is 8.12. The normalized spacial score (nSPS) is 11.7. The Hall–Kier alpha value is -1.45. The second kappa shape index (κ2) is 5.27. The highest BCUT2D eigenvalue weighted by Crippen LogP contribution is 2.29. The van der Waals surface area contributed by atoms with Crippen LogP contribution in [-0.2, 0) is 10.0 Å². The summed E-state index contributed by atoms with van der Waals surface area (Å²) in [6, 6.07) is 1.97. The van der Waals surface area contributed by atoms with Gasteiger partial charge in [0.2, 0.25) is 16.0 Å². The number of fused-ring (bicyclic) bond motifs is 1. The molecule has 19 heavy (non-hydrogen) atoms. The van der Waals surface area contributed by atoms with Gasteiger partial charge in [0.1, 0.15) is 10.6 Å². The molecule has 2 rings (SSSR count). The number of nitrogens with one attached hydrogen (secondary N) is 2. The lowest BCUT2D eigenvalue weighted by Crippen LogP contribution is -2.22. The molecule has 0 saturated heterocycles. The summed E-state index contributed by atoms with van der Waals surface area (Å²) in [6.45, 7) is 2.20. The summed E-state index contributed by atoms with van der Waals surface area (Å²) in [6.07, 6.45) is 0. The van der Waals surface area contributed by atoms with Gasteiger partial charge in [-0.1, -0.05) is 0 Å². The number of nitrogens with two attached hydrogens (primary N) is 1. The molecule has 0 fully saturated rings. The Labute approximate surface area is 115 Å². The lowest BCUT2D eigenvalue weighted by Gasteiger charge is -2.07. The van der Waals surface area contributed by atoms with Crippen molar-refractivity contribution in [2.24, 2.45) is 5.14 Å². The highest BCUT2D eigenvalue weighted by atomic mass is 32.2. The zero-order valence-electron chi connectivity index (χ0n) is 10.6. The number of aryl methyl sites for hydroxylation is 1. The SMILES string of the molecule is CNc1nc(NCCS(N)(=O)=O)c2cc(C)sc2n1. The molecule has 4 N–H and O–H groups in total. The summed E-state index contributed by atoms with van der Waals surface area (Å²) >= 11 is 1.56. The predicted octanol–water partition coefficient (Wildman–Crippen LogP) is 0.742. The molecule has 2 heterocycles. The summed E-state index contributed by atoms with van der Waals surface area (Å²) < 4.78 is 21.8. The monoisotopic (exact) mass is 301 g/mol. The van der Waals surface area contributed by atoms with E-state index in [0.717, 1.165) is 15.1 Å². The molecular formula is C10H15N5O2S2. The topological polar surface area (TPSA) is 110 Å². The predicted molar refractivity (Wildman–Crippen MR) is 78.2 cm³/mol. The van der Waals surface area contributed by atoms with Crippen LogP contribution in [0, 0.1) is 6.92 Å². The van der Waals surface area contributed by atoms with E-state index in [9.17, 15) is 8.42 Å². The van der Waals surface area contributed by atoms with E-state index in [-0.39, 0.29) is 12.3 Å². The van der Waals surface area contributed by atoms with Gasteiger partial charge < -0.3 is 10.6 Å². The second-order valence-corrected chi connectivity index (χ2v) is 6.98. The van der Waals surface area contributed by atoms with E-state index in [4.69, 9.17) is 5.14 Å². The van der Waals surface area contributed by atoms with Gasteiger partial charge >= 0.3 is 0 Å². The quantitative estimate of drug-likeness (QED) is 0.751. The lowest BCUT2D eigenvalue weighted by molar-refractivity contribution is 0.598. The molecule has 0 atom stereocenters. The minimum atomic E-state index is -3.48. The van der Waals surface area contributed by atoms with E-state index >= 15 is 0 Å². The molecule has 0 unspecified atom stereocenters. The average Bonchev–Trinajstić information content (AvgIpc) is 2.67. The van der Waals surface area contributed by atoms with Crippen molar-refractivity contribution in [3.8, 4) is 0 Å². The first-order chi connectivity index (χ1) is 8.89. The van der Waals surface area contributed by atoms with Crippen LogP contribution in [0.3, 0.4) is 0 Å². The molecule has 2 aromatic heterocycles. The molecule has 7 nitrogen and oxygen atoms in total. The molecule has 2 aromatic rings. The van der Waals surface area contributed by atoms with Crippen molar-refractivity contribution in [1.29, 1.82) is 0 Å². The molecule has 9 heteroatoms. The average molecular weight is 301 g/mol. The molecular weight excluding hydrogens is 286 g/mol. The van der Waals surface area contributed by atoms with E-state index in [1.807, 2.05) is 13.0 Å². The van der Waals surface area contributed by atoms with Crippen LogP contribution in [0.5, 0.6) is 0 Å². The molecule has 0 amide bonds. The first-order valence-electron chi connectivity index (χ1n) is 5.59. The number of anilines is 2. The van der Waals surface area contributed by atoms with E-state index in [1.54, 1.807) is 18.4 Å². The molecule has 0 radical (unpaired) electrons. The molecule has 104 valence electrons. The highest BCUT2D eigenvalue weighted by molar-refractivity contribution is 7.89. The van der Waals surface area contributed by atoms with Gasteiger partial charge in [0.15, 0.2) is 0 Å². The number of thiophene rings is 1. The third-order valence-electron chi connectivity index (χ3n) is 2.42. The third-order valence-corrected chi connectivity index (χ3v) is 4.14. The zero-order chi connectivity index (χ0) is 14.0. The Kier molecular flexibility index (Phi) is 3.88. The zero-order valence-corrected chi connectivity index (χ0v) is 12.2. The van der Waals surface area contributed by atoms with Gasteiger partial charge in [0.05, 0.1) is 11.1 Å². The summed E-state index contributed by atoms with van der Waals surface area (Å²) in [7, 11) is -1.75. The fourth-order valence-corrected chi connectivity index (χ4v) is 2.87. The Balaban J connectivity index is 2.30. The van der Waals surface area contributed by atoms with E-state index in [2.05, 4.69) is 20.6 Å². The Bertz CT molecular complexity index is 695. The van der Waals surface area contributed by atoms with Crippen molar-refractivity contribution in [1.82, 2.24) is 9.97 Å². The second-order valence-electron chi connectivity index (χ2n) is 4.02. The number of sulfonamides is 1. The Morgan fingerprint density at radius 2 is 2.16 bits per heavy atom. The fourth-order valence-electron chi connectivity index (χ4n) is 1.60. The highest BCUT2D eigenvalue weighted by Gasteiger charge is 2.10. The van der Waals surface area contributed by atoms with Crippen LogP contribution in [-0.4, -0.2) is 37.7 Å². The van der Waals surface area contributed by atoms with Crippen LogP contribution in [0.15, 0.2) is 6.07 Å².